The molecule has 6 heteroatoms. The number of thiophene rings is 1. The van der Waals surface area contributed by atoms with E-state index in [1.54, 1.807) is 6.20 Å². The maximum atomic E-state index is 12.8. The number of hydrogen-bond acceptors (Lipinski definition) is 5. The van der Waals surface area contributed by atoms with Crippen LogP contribution in [0, 0.1) is 12.8 Å². The summed E-state index contributed by atoms with van der Waals surface area (Å²) < 4.78 is 0. The molecule has 4 heterocycles. The van der Waals surface area contributed by atoms with Crippen molar-refractivity contribution >= 4 is 17.2 Å². The Kier molecular flexibility index (Phi) is 6.32. The average Bonchev–Trinajstić information content (AvgIpc) is 3.28. The summed E-state index contributed by atoms with van der Waals surface area (Å²) in [5, 5.41) is 5.20. The van der Waals surface area contributed by atoms with Gasteiger partial charge in [0.2, 0.25) is 0 Å². The van der Waals surface area contributed by atoms with Gasteiger partial charge in [-0.1, -0.05) is 18.2 Å². The van der Waals surface area contributed by atoms with Gasteiger partial charge >= 0.3 is 0 Å². The second-order valence-electron chi connectivity index (χ2n) is 7.59. The molecule has 1 aliphatic heterocycles. The highest BCUT2D eigenvalue weighted by atomic mass is 32.1. The molecule has 0 saturated carbocycles. The fourth-order valence-electron chi connectivity index (χ4n) is 4.04. The van der Waals surface area contributed by atoms with Crippen LogP contribution >= 0.6 is 11.3 Å². The first kappa shape index (κ1) is 19.7. The van der Waals surface area contributed by atoms with Crippen LogP contribution in [0.5, 0.6) is 0 Å². The van der Waals surface area contributed by atoms with Crippen molar-refractivity contribution in [3.63, 3.8) is 0 Å². The lowest BCUT2D eigenvalue weighted by atomic mass is 9.88. The van der Waals surface area contributed by atoms with E-state index in [9.17, 15) is 4.79 Å². The highest BCUT2D eigenvalue weighted by molar-refractivity contribution is 7.12. The largest absolute Gasteiger partial charge is 0.343 e. The van der Waals surface area contributed by atoms with Crippen LogP contribution in [0.1, 0.15) is 45.6 Å². The summed E-state index contributed by atoms with van der Waals surface area (Å²) in [5.74, 6) is 0.292. The molecule has 3 aromatic heterocycles. The van der Waals surface area contributed by atoms with Crippen molar-refractivity contribution in [3.05, 3.63) is 82.1 Å². The molecule has 0 bridgehead atoms. The van der Waals surface area contributed by atoms with Gasteiger partial charge in [-0.05, 0) is 67.9 Å². The molecule has 0 aromatic carbocycles. The Bertz CT molecular complexity index is 929. The number of carbonyl (C=O) groups is 1. The molecule has 0 aliphatic carbocycles. The zero-order chi connectivity index (χ0) is 20.1. The van der Waals surface area contributed by atoms with Gasteiger partial charge in [-0.2, -0.15) is 0 Å². The normalized spacial score (nSPS) is 18.3. The van der Waals surface area contributed by atoms with Crippen LogP contribution in [0.25, 0.3) is 0 Å². The van der Waals surface area contributed by atoms with Crippen molar-refractivity contribution in [2.24, 2.45) is 5.92 Å². The van der Waals surface area contributed by atoms with Gasteiger partial charge in [-0.3, -0.25) is 19.7 Å². The molecule has 0 unspecified atom stereocenters. The molecular weight excluding hydrogens is 380 g/mol. The monoisotopic (exact) mass is 406 g/mol. The van der Waals surface area contributed by atoms with Crippen LogP contribution in [0.2, 0.25) is 0 Å². The molecule has 3 aromatic rings. The predicted octanol–water partition coefficient (Wildman–Crippen LogP) is 4.23. The molecule has 1 fully saturated rings. The topological polar surface area (TPSA) is 58.1 Å². The lowest BCUT2D eigenvalue weighted by molar-refractivity contribution is 0.0878. The Balaban J connectivity index is 1.51. The number of piperidine rings is 1. The van der Waals surface area contributed by atoms with E-state index in [4.69, 9.17) is 0 Å². The van der Waals surface area contributed by atoms with Crippen LogP contribution in [0.4, 0.5) is 0 Å². The quantitative estimate of drug-likeness (QED) is 0.666. The van der Waals surface area contributed by atoms with Gasteiger partial charge in [0.25, 0.3) is 5.91 Å². The smallest absolute Gasteiger partial charge is 0.261 e. The minimum atomic E-state index is -0.0981. The molecule has 0 radical (unpaired) electrons. The van der Waals surface area contributed by atoms with Crippen molar-refractivity contribution < 1.29 is 4.79 Å². The molecule has 1 N–H and O–H groups in total. The van der Waals surface area contributed by atoms with Crippen LogP contribution in [-0.4, -0.2) is 33.9 Å². The first-order valence-electron chi connectivity index (χ1n) is 10.1. The molecular formula is C23H26N4OS. The summed E-state index contributed by atoms with van der Waals surface area (Å²) in [6, 6.07) is 15.8. The summed E-state index contributed by atoms with van der Waals surface area (Å²) in [5.41, 5.74) is 3.08. The molecule has 1 saturated heterocycles. The minimum absolute atomic E-state index is 0.0203. The minimum Gasteiger partial charge on any atom is -0.343 e. The molecule has 5 nitrogen and oxygen atoms in total. The summed E-state index contributed by atoms with van der Waals surface area (Å²) >= 11 is 1.47. The van der Waals surface area contributed by atoms with Crippen LogP contribution in [0.3, 0.4) is 0 Å². The van der Waals surface area contributed by atoms with Crippen molar-refractivity contribution in [2.45, 2.75) is 32.4 Å². The van der Waals surface area contributed by atoms with E-state index in [-0.39, 0.29) is 11.9 Å². The Hall–Kier alpha value is -2.57. The summed E-state index contributed by atoms with van der Waals surface area (Å²) in [6.07, 6.45) is 3.98. The van der Waals surface area contributed by atoms with E-state index in [0.717, 1.165) is 54.4 Å². The Morgan fingerprint density at radius 1 is 1.24 bits per heavy atom. The molecule has 150 valence electrons. The third-order valence-electron chi connectivity index (χ3n) is 5.38. The number of amides is 1. The maximum absolute atomic E-state index is 12.8. The van der Waals surface area contributed by atoms with Crippen molar-refractivity contribution in [1.82, 2.24) is 20.2 Å². The standard InChI is InChI=1S/C23H26N4OS/c1-17-7-4-9-19(25-17)16-27-13-5-8-18(15-27)22(20-10-2-3-12-24-20)26-23(28)21-11-6-14-29-21/h2-4,6-7,9-12,14,18,22H,5,8,13,15-16H2,1H3,(H,26,28)/t18-,22+/m1/s1. The van der Waals surface area contributed by atoms with Gasteiger partial charge < -0.3 is 5.32 Å². The Morgan fingerprint density at radius 3 is 2.93 bits per heavy atom. The van der Waals surface area contributed by atoms with E-state index < -0.39 is 0 Å². The molecule has 4 rings (SSSR count). The van der Waals surface area contributed by atoms with Gasteiger partial charge in [0.05, 0.1) is 22.3 Å². The fraction of sp³-hybridized carbons (Fsp3) is 0.348. The van der Waals surface area contributed by atoms with Crippen LogP contribution < -0.4 is 5.32 Å². The fourth-order valence-corrected chi connectivity index (χ4v) is 4.66. The van der Waals surface area contributed by atoms with Gasteiger partial charge in [-0.25, -0.2) is 0 Å². The second kappa shape index (κ2) is 9.29. The molecule has 2 atom stereocenters. The summed E-state index contributed by atoms with van der Waals surface area (Å²) in [7, 11) is 0. The first-order chi connectivity index (χ1) is 14.2. The highest BCUT2D eigenvalue weighted by Crippen LogP contribution is 2.30. The van der Waals surface area contributed by atoms with Crippen LogP contribution in [-0.2, 0) is 6.54 Å². The third kappa shape index (κ3) is 5.08. The van der Waals surface area contributed by atoms with E-state index in [1.807, 2.05) is 48.7 Å². The van der Waals surface area contributed by atoms with Gasteiger partial charge in [0.15, 0.2) is 0 Å². The first-order valence-corrected chi connectivity index (χ1v) is 11.0. The zero-order valence-electron chi connectivity index (χ0n) is 16.6. The van der Waals surface area contributed by atoms with Gasteiger partial charge in [-0.15, -0.1) is 11.3 Å². The maximum Gasteiger partial charge on any atom is 0.261 e. The number of hydrogen-bond donors (Lipinski definition) is 1. The van der Waals surface area contributed by atoms with E-state index >= 15 is 0 Å². The van der Waals surface area contributed by atoms with E-state index in [1.165, 1.54) is 11.3 Å². The number of nitrogens with zero attached hydrogens (tertiary/aromatic N) is 3. The molecule has 1 aliphatic rings. The van der Waals surface area contributed by atoms with Crippen molar-refractivity contribution in [3.8, 4) is 0 Å². The number of likely N-dealkylation sites (tertiary alicyclic amines) is 1. The van der Waals surface area contributed by atoms with Gasteiger partial charge in [0, 0.05) is 25.0 Å². The number of nitrogens with one attached hydrogen (secondary N) is 1. The van der Waals surface area contributed by atoms with Crippen molar-refractivity contribution in [1.29, 1.82) is 0 Å². The summed E-state index contributed by atoms with van der Waals surface area (Å²) in [4.78, 5) is 25.2. The number of rotatable bonds is 6. The van der Waals surface area contributed by atoms with Crippen LogP contribution in [0.15, 0.2) is 60.1 Å². The van der Waals surface area contributed by atoms with Crippen molar-refractivity contribution in [2.75, 3.05) is 13.1 Å². The molecule has 0 spiro atoms. The number of carbonyl (C=O) groups excluding carboxylic acids is 1. The summed E-state index contributed by atoms with van der Waals surface area (Å²) in [6.45, 7) is 4.84. The van der Waals surface area contributed by atoms with E-state index in [0.29, 0.717) is 5.92 Å². The molecule has 1 amide bonds. The average molecular weight is 407 g/mol. The molecule has 29 heavy (non-hydrogen) atoms. The van der Waals surface area contributed by atoms with E-state index in [2.05, 4.69) is 32.3 Å². The number of aromatic nitrogens is 2. The number of aryl methyl sites for hydroxylation is 1. The lowest BCUT2D eigenvalue weighted by Gasteiger charge is -2.37. The lowest BCUT2D eigenvalue weighted by Crippen LogP contribution is -2.43. The zero-order valence-corrected chi connectivity index (χ0v) is 17.4. The second-order valence-corrected chi connectivity index (χ2v) is 8.54. The van der Waals surface area contributed by atoms with Gasteiger partial charge in [0.1, 0.15) is 0 Å². The predicted molar refractivity (Wildman–Crippen MR) is 116 cm³/mol. The third-order valence-corrected chi connectivity index (χ3v) is 6.25. The Morgan fingerprint density at radius 2 is 2.17 bits per heavy atom. The Labute approximate surface area is 175 Å². The highest BCUT2D eigenvalue weighted by Gasteiger charge is 2.31. The number of pyridine rings is 2. The SMILES string of the molecule is Cc1cccc(CN2CCC[C@@H]([C@H](NC(=O)c3cccs3)c3ccccn3)C2)n1.